The molecule has 1 atom stereocenters. The van der Waals surface area contributed by atoms with Gasteiger partial charge in [-0.2, -0.15) is 0 Å². The highest BCUT2D eigenvalue weighted by atomic mass is 28.3. The summed E-state index contributed by atoms with van der Waals surface area (Å²) in [4.78, 5) is 0. The normalized spacial score (nSPS) is 13.7. The number of nitrogens with two attached hydrogens (primary N) is 3. The lowest BCUT2D eigenvalue weighted by Gasteiger charge is -2.04. The van der Waals surface area contributed by atoms with Crippen LogP contribution in [0, 0.1) is 0 Å². The van der Waals surface area contributed by atoms with E-state index < -0.39 is 8.96 Å². The van der Waals surface area contributed by atoms with Crippen LogP contribution in [0.15, 0.2) is 0 Å². The Balaban J connectivity index is 2.95. The number of rotatable bonds is 5. The van der Waals surface area contributed by atoms with Gasteiger partial charge in [-0.3, -0.25) is 0 Å². The minimum atomic E-state index is -0.925. The quantitative estimate of drug-likeness (QED) is 0.435. The average molecular weight is 147 g/mol. The summed E-state index contributed by atoms with van der Waals surface area (Å²) in [5.41, 5.74) is 10.6. The van der Waals surface area contributed by atoms with E-state index in [-0.39, 0.29) is 0 Å². The summed E-state index contributed by atoms with van der Waals surface area (Å²) in [7, 11) is -0.925. The topological polar surface area (TPSA) is 78.1 Å². The van der Waals surface area contributed by atoms with Crippen LogP contribution in [0.5, 0.6) is 0 Å². The highest BCUT2D eigenvalue weighted by Gasteiger charge is 2.00. The molecule has 0 bridgehead atoms. The molecule has 0 aliphatic carbocycles. The first kappa shape index (κ1) is 9.10. The second-order valence-electron chi connectivity index (χ2n) is 2.27. The van der Waals surface area contributed by atoms with Crippen molar-refractivity contribution in [2.75, 3.05) is 13.1 Å². The third kappa shape index (κ3) is 5.98. The van der Waals surface area contributed by atoms with Crippen molar-refractivity contribution in [2.45, 2.75) is 18.5 Å². The molecular formula is C5H17N3Si. The minimum absolute atomic E-state index is 0.748. The van der Waals surface area contributed by atoms with E-state index in [1.54, 1.807) is 0 Å². The molecule has 4 heteroatoms. The first-order chi connectivity index (χ1) is 4.31. The zero-order valence-corrected chi connectivity index (χ0v) is 7.00. The van der Waals surface area contributed by atoms with Crippen LogP contribution in [0.1, 0.15) is 6.42 Å². The summed E-state index contributed by atoms with van der Waals surface area (Å²) in [6.45, 7) is 1.52. The smallest absolute Gasteiger partial charge is 0.107 e. The number of hydrogen-bond donors (Lipinski definition) is 3. The molecular weight excluding hydrogens is 130 g/mol. The highest BCUT2D eigenvalue weighted by molar-refractivity contribution is 6.55. The van der Waals surface area contributed by atoms with Crippen LogP contribution in [-0.2, 0) is 0 Å². The molecule has 0 amide bonds. The van der Waals surface area contributed by atoms with Gasteiger partial charge in [-0.15, -0.1) is 0 Å². The van der Waals surface area contributed by atoms with E-state index in [9.17, 15) is 0 Å². The lowest BCUT2D eigenvalue weighted by molar-refractivity contribution is 0.909. The van der Waals surface area contributed by atoms with Gasteiger partial charge in [-0.05, 0) is 31.6 Å². The average Bonchev–Trinajstić information content (AvgIpc) is 1.85. The van der Waals surface area contributed by atoms with Crippen molar-refractivity contribution in [2.24, 2.45) is 16.9 Å². The summed E-state index contributed by atoms with van der Waals surface area (Å²) >= 11 is 0. The largest absolute Gasteiger partial charge is 0.353 e. The van der Waals surface area contributed by atoms with Gasteiger partial charge in [0.25, 0.3) is 0 Å². The Morgan fingerprint density at radius 1 is 1.00 bits per heavy atom. The van der Waals surface area contributed by atoms with Crippen LogP contribution in [0.25, 0.3) is 0 Å². The third-order valence-corrected chi connectivity index (χ3v) is 3.54. The van der Waals surface area contributed by atoms with E-state index in [0.717, 1.165) is 31.6 Å². The van der Waals surface area contributed by atoms with Gasteiger partial charge < -0.3 is 16.9 Å². The van der Waals surface area contributed by atoms with Crippen molar-refractivity contribution in [1.29, 1.82) is 0 Å². The molecule has 56 valence electrons. The number of hydrogen-bond acceptors (Lipinski definition) is 3. The van der Waals surface area contributed by atoms with E-state index in [0.29, 0.717) is 0 Å². The standard InChI is InChI=1S/C5H17N3Si/c6-2-1-4-9(8)5-3-7/h9H,1-8H2. The van der Waals surface area contributed by atoms with E-state index in [2.05, 4.69) is 0 Å². The Kier molecular flexibility index (Phi) is 6.29. The lowest BCUT2D eigenvalue weighted by atomic mass is 10.5. The van der Waals surface area contributed by atoms with Gasteiger partial charge in [0, 0.05) is 0 Å². The van der Waals surface area contributed by atoms with Crippen LogP contribution in [-0.4, -0.2) is 22.0 Å². The minimum Gasteiger partial charge on any atom is -0.353 e. The molecule has 0 aromatic rings. The summed E-state index contributed by atoms with van der Waals surface area (Å²) in [6.07, 6.45) is 1.08. The SMILES string of the molecule is NCCC[SiH](N)CCN. The predicted octanol–water partition coefficient (Wildman–Crippen LogP) is -1.02. The molecule has 1 unspecified atom stereocenters. The molecule has 0 rings (SSSR count). The maximum atomic E-state index is 5.77. The van der Waals surface area contributed by atoms with Crippen LogP contribution in [0.4, 0.5) is 0 Å². The van der Waals surface area contributed by atoms with E-state index in [1.807, 2.05) is 0 Å². The monoisotopic (exact) mass is 147 g/mol. The third-order valence-electron chi connectivity index (χ3n) is 1.32. The Labute approximate surface area is 58.3 Å². The van der Waals surface area contributed by atoms with E-state index >= 15 is 0 Å². The van der Waals surface area contributed by atoms with Crippen molar-refractivity contribution in [1.82, 2.24) is 0 Å². The Bertz CT molecular complexity index is 60.2. The molecule has 6 N–H and O–H groups in total. The fourth-order valence-electron chi connectivity index (χ4n) is 0.738. The molecule has 0 aliphatic heterocycles. The van der Waals surface area contributed by atoms with Gasteiger partial charge >= 0.3 is 0 Å². The van der Waals surface area contributed by atoms with Crippen molar-refractivity contribution >= 4 is 8.96 Å². The molecule has 0 fully saturated rings. The second-order valence-corrected chi connectivity index (χ2v) is 4.94. The van der Waals surface area contributed by atoms with Gasteiger partial charge in [0.15, 0.2) is 0 Å². The Hall–Kier alpha value is 0.0969. The fourth-order valence-corrected chi connectivity index (χ4v) is 2.22. The van der Waals surface area contributed by atoms with Crippen LogP contribution in [0.3, 0.4) is 0 Å². The zero-order chi connectivity index (χ0) is 7.11. The van der Waals surface area contributed by atoms with Crippen molar-refractivity contribution in [3.63, 3.8) is 0 Å². The van der Waals surface area contributed by atoms with E-state index in [4.69, 9.17) is 16.9 Å². The zero-order valence-electron chi connectivity index (χ0n) is 5.84. The van der Waals surface area contributed by atoms with Gasteiger partial charge in [0.2, 0.25) is 0 Å². The van der Waals surface area contributed by atoms with E-state index in [1.165, 1.54) is 0 Å². The van der Waals surface area contributed by atoms with Crippen molar-refractivity contribution in [3.8, 4) is 0 Å². The van der Waals surface area contributed by atoms with Crippen molar-refractivity contribution < 1.29 is 0 Å². The summed E-state index contributed by atoms with van der Waals surface area (Å²) in [6, 6.07) is 2.20. The molecule has 0 aliphatic rings. The summed E-state index contributed by atoms with van der Waals surface area (Å²) in [5.74, 6) is 0. The first-order valence-corrected chi connectivity index (χ1v) is 5.77. The van der Waals surface area contributed by atoms with Crippen molar-refractivity contribution in [3.05, 3.63) is 0 Å². The molecule has 0 radical (unpaired) electrons. The second kappa shape index (κ2) is 6.22. The van der Waals surface area contributed by atoms with Gasteiger partial charge in [-0.1, -0.05) is 0 Å². The maximum absolute atomic E-state index is 5.77. The first-order valence-electron chi connectivity index (χ1n) is 3.47. The van der Waals surface area contributed by atoms with Gasteiger partial charge in [0.05, 0.1) is 0 Å². The molecule has 3 nitrogen and oxygen atoms in total. The molecule has 0 aromatic heterocycles. The predicted molar refractivity (Wildman–Crippen MR) is 43.7 cm³/mol. The molecule has 0 heterocycles. The van der Waals surface area contributed by atoms with Gasteiger partial charge in [0.1, 0.15) is 8.96 Å². The summed E-state index contributed by atoms with van der Waals surface area (Å²) in [5, 5.41) is 5.77. The highest BCUT2D eigenvalue weighted by Crippen LogP contribution is 1.93. The van der Waals surface area contributed by atoms with Crippen LogP contribution >= 0.6 is 0 Å². The molecule has 0 aromatic carbocycles. The maximum Gasteiger partial charge on any atom is 0.107 e. The molecule has 0 saturated heterocycles. The summed E-state index contributed by atoms with van der Waals surface area (Å²) < 4.78 is 0. The van der Waals surface area contributed by atoms with Gasteiger partial charge in [-0.25, -0.2) is 0 Å². The Morgan fingerprint density at radius 3 is 2.11 bits per heavy atom. The van der Waals surface area contributed by atoms with Crippen LogP contribution < -0.4 is 16.9 Å². The Morgan fingerprint density at radius 2 is 1.67 bits per heavy atom. The van der Waals surface area contributed by atoms with Crippen LogP contribution in [0.2, 0.25) is 12.1 Å². The fraction of sp³-hybridized carbons (Fsp3) is 1.00. The lowest BCUT2D eigenvalue weighted by Crippen LogP contribution is -2.28. The molecule has 0 saturated carbocycles. The molecule has 9 heavy (non-hydrogen) atoms. The molecule has 0 spiro atoms.